The fourth-order valence-corrected chi connectivity index (χ4v) is 3.36. The Morgan fingerprint density at radius 2 is 1.77 bits per heavy atom. The Bertz CT molecular complexity index is 1010. The van der Waals surface area contributed by atoms with E-state index in [0.717, 1.165) is 16.5 Å². The third kappa shape index (κ3) is 3.44. The van der Waals surface area contributed by atoms with Gasteiger partial charge in [-0.1, -0.05) is 17.7 Å². The number of anilines is 2. The predicted molar refractivity (Wildman–Crippen MR) is 106 cm³/mol. The molecule has 0 saturated carbocycles. The Balaban J connectivity index is 1.98. The van der Waals surface area contributed by atoms with Crippen LogP contribution in [0.25, 0.3) is 10.9 Å². The number of fused-ring (bicyclic) bond motifs is 1. The second-order valence-electron chi connectivity index (χ2n) is 6.10. The Morgan fingerprint density at radius 1 is 1.08 bits per heavy atom. The number of nitrogens with one attached hydrogen (secondary N) is 2. The van der Waals surface area contributed by atoms with Crippen molar-refractivity contribution in [3.8, 4) is 0 Å². The molecule has 0 unspecified atom stereocenters. The van der Waals surface area contributed by atoms with Crippen LogP contribution in [0.2, 0.25) is 5.02 Å². The highest BCUT2D eigenvalue weighted by Gasteiger charge is 2.20. The van der Waals surface area contributed by atoms with Gasteiger partial charge in [-0.2, -0.15) is 0 Å². The maximum Gasteiger partial charge on any atom is 0.272 e. The number of carbonyl (C=O) groups excluding carboxylic acids is 2. The maximum absolute atomic E-state index is 13.0. The zero-order valence-corrected chi connectivity index (χ0v) is 15.6. The van der Waals surface area contributed by atoms with Gasteiger partial charge in [-0.3, -0.25) is 9.59 Å². The van der Waals surface area contributed by atoms with Gasteiger partial charge in [-0.05, 0) is 55.8 Å². The molecule has 1 heterocycles. The number of benzene rings is 2. The van der Waals surface area contributed by atoms with E-state index in [1.807, 2.05) is 36.6 Å². The molecule has 3 aromatic rings. The zero-order chi connectivity index (χ0) is 18.8. The molecule has 3 rings (SSSR count). The maximum atomic E-state index is 13.0. The van der Waals surface area contributed by atoms with E-state index in [4.69, 9.17) is 11.6 Å². The van der Waals surface area contributed by atoms with Crippen molar-refractivity contribution in [2.24, 2.45) is 0 Å². The number of aromatic nitrogens is 1. The number of carbonyl (C=O) groups is 2. The first-order chi connectivity index (χ1) is 12.4. The minimum Gasteiger partial charge on any atom is -0.337 e. The van der Waals surface area contributed by atoms with Crippen LogP contribution in [0.5, 0.6) is 0 Å². The average Bonchev–Trinajstić information content (AvgIpc) is 2.86. The van der Waals surface area contributed by atoms with Gasteiger partial charge < -0.3 is 15.2 Å². The SMILES string of the molecule is CCn1c(C(=O)Nc2cccc(NC(C)=O)c2)c(C)c2cc(Cl)ccc21. The van der Waals surface area contributed by atoms with Crippen LogP contribution in [-0.2, 0) is 11.3 Å². The monoisotopic (exact) mass is 369 g/mol. The van der Waals surface area contributed by atoms with E-state index in [9.17, 15) is 9.59 Å². The van der Waals surface area contributed by atoms with Gasteiger partial charge in [0, 0.05) is 40.8 Å². The van der Waals surface area contributed by atoms with Crippen molar-refractivity contribution in [2.45, 2.75) is 27.3 Å². The smallest absolute Gasteiger partial charge is 0.272 e. The molecule has 26 heavy (non-hydrogen) atoms. The molecule has 0 aliphatic heterocycles. The summed E-state index contributed by atoms with van der Waals surface area (Å²) in [6.07, 6.45) is 0. The highest BCUT2D eigenvalue weighted by molar-refractivity contribution is 6.31. The van der Waals surface area contributed by atoms with E-state index >= 15 is 0 Å². The number of amides is 2. The molecule has 5 nitrogen and oxygen atoms in total. The number of halogens is 1. The Labute approximate surface area is 157 Å². The van der Waals surface area contributed by atoms with E-state index in [1.165, 1.54) is 6.92 Å². The summed E-state index contributed by atoms with van der Waals surface area (Å²) in [5.74, 6) is -0.357. The van der Waals surface area contributed by atoms with Gasteiger partial charge in [0.1, 0.15) is 5.69 Å². The quantitative estimate of drug-likeness (QED) is 0.691. The third-order valence-electron chi connectivity index (χ3n) is 4.25. The van der Waals surface area contributed by atoms with Crippen LogP contribution in [0.15, 0.2) is 42.5 Å². The highest BCUT2D eigenvalue weighted by atomic mass is 35.5. The summed E-state index contributed by atoms with van der Waals surface area (Å²) in [6.45, 7) is 6.04. The second-order valence-corrected chi connectivity index (χ2v) is 6.53. The van der Waals surface area contributed by atoms with Crippen LogP contribution in [0.1, 0.15) is 29.9 Å². The molecular formula is C20H20ClN3O2. The molecule has 2 N–H and O–H groups in total. The van der Waals surface area contributed by atoms with Crippen molar-refractivity contribution in [3.05, 3.63) is 58.7 Å². The van der Waals surface area contributed by atoms with E-state index < -0.39 is 0 Å². The Morgan fingerprint density at radius 3 is 2.42 bits per heavy atom. The normalized spacial score (nSPS) is 10.8. The molecule has 0 atom stereocenters. The number of aryl methyl sites for hydroxylation is 2. The topological polar surface area (TPSA) is 63.1 Å². The molecule has 0 bridgehead atoms. The van der Waals surface area contributed by atoms with Crippen molar-refractivity contribution in [3.63, 3.8) is 0 Å². The summed E-state index contributed by atoms with van der Waals surface area (Å²) in [4.78, 5) is 24.2. The second kappa shape index (κ2) is 7.22. The summed E-state index contributed by atoms with van der Waals surface area (Å²) in [6, 6.07) is 12.7. The van der Waals surface area contributed by atoms with Gasteiger partial charge in [0.15, 0.2) is 0 Å². The van der Waals surface area contributed by atoms with Crippen molar-refractivity contribution < 1.29 is 9.59 Å². The number of hydrogen-bond donors (Lipinski definition) is 2. The average molecular weight is 370 g/mol. The Kier molecular flexibility index (Phi) is 5.00. The largest absolute Gasteiger partial charge is 0.337 e. The van der Waals surface area contributed by atoms with E-state index in [2.05, 4.69) is 10.6 Å². The summed E-state index contributed by atoms with van der Waals surface area (Å²) in [5.41, 5.74) is 3.72. The molecule has 0 saturated heterocycles. The van der Waals surface area contributed by atoms with Gasteiger partial charge in [-0.15, -0.1) is 0 Å². The van der Waals surface area contributed by atoms with Crippen LogP contribution in [-0.4, -0.2) is 16.4 Å². The minimum atomic E-state index is -0.198. The lowest BCUT2D eigenvalue weighted by Crippen LogP contribution is -2.18. The van der Waals surface area contributed by atoms with E-state index in [0.29, 0.717) is 28.6 Å². The first-order valence-electron chi connectivity index (χ1n) is 8.38. The van der Waals surface area contributed by atoms with Crippen LogP contribution in [0, 0.1) is 6.92 Å². The molecular weight excluding hydrogens is 350 g/mol. The first-order valence-corrected chi connectivity index (χ1v) is 8.76. The molecule has 0 radical (unpaired) electrons. The van der Waals surface area contributed by atoms with Gasteiger partial charge >= 0.3 is 0 Å². The third-order valence-corrected chi connectivity index (χ3v) is 4.49. The fraction of sp³-hybridized carbons (Fsp3) is 0.200. The molecule has 2 aromatic carbocycles. The lowest BCUT2D eigenvalue weighted by Gasteiger charge is -2.11. The van der Waals surface area contributed by atoms with Crippen molar-refractivity contribution in [1.29, 1.82) is 0 Å². The van der Waals surface area contributed by atoms with Gasteiger partial charge in [-0.25, -0.2) is 0 Å². The molecule has 0 spiro atoms. The van der Waals surface area contributed by atoms with Crippen molar-refractivity contribution >= 4 is 45.7 Å². The van der Waals surface area contributed by atoms with Crippen LogP contribution in [0.4, 0.5) is 11.4 Å². The first kappa shape index (κ1) is 18.0. The van der Waals surface area contributed by atoms with Gasteiger partial charge in [0.25, 0.3) is 5.91 Å². The van der Waals surface area contributed by atoms with Crippen molar-refractivity contribution in [2.75, 3.05) is 10.6 Å². The summed E-state index contributed by atoms with van der Waals surface area (Å²) in [7, 11) is 0. The number of rotatable bonds is 4. The number of nitrogens with zero attached hydrogens (tertiary/aromatic N) is 1. The summed E-state index contributed by atoms with van der Waals surface area (Å²) < 4.78 is 1.98. The molecule has 1 aromatic heterocycles. The van der Waals surface area contributed by atoms with Crippen LogP contribution in [0.3, 0.4) is 0 Å². The lowest BCUT2D eigenvalue weighted by atomic mass is 10.1. The summed E-state index contributed by atoms with van der Waals surface area (Å²) >= 11 is 6.12. The molecule has 6 heteroatoms. The Hall–Kier alpha value is -2.79. The van der Waals surface area contributed by atoms with Crippen molar-refractivity contribution in [1.82, 2.24) is 4.57 Å². The summed E-state index contributed by atoms with van der Waals surface area (Å²) in [5, 5.41) is 7.24. The van der Waals surface area contributed by atoms with E-state index in [1.54, 1.807) is 24.3 Å². The van der Waals surface area contributed by atoms with Gasteiger partial charge in [0.2, 0.25) is 5.91 Å². The molecule has 0 aliphatic rings. The van der Waals surface area contributed by atoms with Gasteiger partial charge in [0.05, 0.1) is 0 Å². The van der Waals surface area contributed by atoms with Crippen LogP contribution < -0.4 is 10.6 Å². The molecule has 0 aliphatic carbocycles. The lowest BCUT2D eigenvalue weighted by molar-refractivity contribution is -0.114. The highest BCUT2D eigenvalue weighted by Crippen LogP contribution is 2.29. The zero-order valence-electron chi connectivity index (χ0n) is 14.9. The molecule has 0 fully saturated rings. The minimum absolute atomic E-state index is 0.160. The standard InChI is InChI=1S/C20H20ClN3O2/c1-4-24-18-9-8-14(21)10-17(18)12(2)19(24)20(26)23-16-7-5-6-15(11-16)22-13(3)25/h5-11H,4H2,1-3H3,(H,22,25)(H,23,26). The molecule has 134 valence electrons. The van der Waals surface area contributed by atoms with E-state index in [-0.39, 0.29) is 11.8 Å². The predicted octanol–water partition coefficient (Wildman–Crippen LogP) is 4.83. The number of hydrogen-bond acceptors (Lipinski definition) is 2. The molecule has 2 amide bonds. The van der Waals surface area contributed by atoms with Crippen LogP contribution >= 0.6 is 11.6 Å². The fourth-order valence-electron chi connectivity index (χ4n) is 3.18.